The van der Waals surface area contributed by atoms with Gasteiger partial charge in [0.2, 0.25) is 0 Å². The molecular weight excluding hydrogens is 188 g/mol. The van der Waals surface area contributed by atoms with Gasteiger partial charge in [-0.1, -0.05) is 0 Å². The minimum absolute atomic E-state index is 0.0657. The van der Waals surface area contributed by atoms with E-state index in [1.165, 1.54) is 0 Å². The highest BCUT2D eigenvalue weighted by atomic mass is 16.6. The first-order valence-electron chi connectivity index (χ1n) is 4.72. The van der Waals surface area contributed by atoms with Gasteiger partial charge in [-0.25, -0.2) is 4.79 Å². The van der Waals surface area contributed by atoms with Crippen molar-refractivity contribution in [3.8, 4) is 0 Å². The summed E-state index contributed by atoms with van der Waals surface area (Å²) in [5.74, 6) is -0.997. The summed E-state index contributed by atoms with van der Waals surface area (Å²) in [4.78, 5) is 10.6. The van der Waals surface area contributed by atoms with Crippen molar-refractivity contribution in [3.05, 3.63) is 0 Å². The minimum Gasteiger partial charge on any atom is -0.479 e. The van der Waals surface area contributed by atoms with E-state index in [-0.39, 0.29) is 6.61 Å². The summed E-state index contributed by atoms with van der Waals surface area (Å²) in [5.41, 5.74) is 0. The van der Waals surface area contributed by atoms with Gasteiger partial charge >= 0.3 is 5.97 Å². The van der Waals surface area contributed by atoms with Crippen molar-refractivity contribution < 1.29 is 24.1 Å². The first-order chi connectivity index (χ1) is 6.72. The van der Waals surface area contributed by atoms with E-state index in [1.807, 2.05) is 6.92 Å². The van der Waals surface area contributed by atoms with Crippen LogP contribution in [0, 0.1) is 0 Å². The number of hydrogen-bond acceptors (Lipinski definition) is 4. The zero-order valence-electron chi connectivity index (χ0n) is 8.69. The molecule has 0 amide bonds. The van der Waals surface area contributed by atoms with Gasteiger partial charge in [-0.2, -0.15) is 0 Å². The maximum atomic E-state index is 10.6. The molecular formula is C9H18O5. The number of aliphatic carboxylic acids is 1. The molecule has 0 aliphatic rings. The standard InChI is InChI=1S/C9H18O5/c1-3-12-5-6-13-7-8(9(10)11)14-4-2/h8H,3-7H2,1-2H3,(H,10,11). The fraction of sp³-hybridized carbons (Fsp3) is 0.889. The summed E-state index contributed by atoms with van der Waals surface area (Å²) in [5, 5.41) is 8.67. The predicted octanol–water partition coefficient (Wildman–Crippen LogP) is 0.529. The lowest BCUT2D eigenvalue weighted by Crippen LogP contribution is -2.29. The Morgan fingerprint density at radius 2 is 1.86 bits per heavy atom. The third kappa shape index (κ3) is 6.82. The molecule has 1 unspecified atom stereocenters. The second kappa shape index (κ2) is 8.93. The molecule has 0 aromatic carbocycles. The fourth-order valence-electron chi connectivity index (χ4n) is 0.844. The Morgan fingerprint density at radius 1 is 1.21 bits per heavy atom. The highest BCUT2D eigenvalue weighted by molar-refractivity contribution is 5.72. The molecule has 0 fully saturated rings. The lowest BCUT2D eigenvalue weighted by Gasteiger charge is -2.12. The van der Waals surface area contributed by atoms with E-state index in [9.17, 15) is 4.79 Å². The smallest absolute Gasteiger partial charge is 0.335 e. The van der Waals surface area contributed by atoms with E-state index < -0.39 is 12.1 Å². The van der Waals surface area contributed by atoms with E-state index in [0.29, 0.717) is 26.4 Å². The van der Waals surface area contributed by atoms with Crippen LogP contribution in [0.1, 0.15) is 13.8 Å². The maximum absolute atomic E-state index is 10.6. The maximum Gasteiger partial charge on any atom is 0.335 e. The molecule has 0 heterocycles. The fourth-order valence-corrected chi connectivity index (χ4v) is 0.844. The molecule has 0 bridgehead atoms. The molecule has 5 heteroatoms. The molecule has 0 rings (SSSR count). The van der Waals surface area contributed by atoms with Gasteiger partial charge < -0.3 is 19.3 Å². The Kier molecular flexibility index (Phi) is 8.51. The summed E-state index contributed by atoms with van der Waals surface area (Å²) in [7, 11) is 0. The topological polar surface area (TPSA) is 65.0 Å². The number of carbonyl (C=O) groups is 1. The van der Waals surface area contributed by atoms with Crippen molar-refractivity contribution in [1.82, 2.24) is 0 Å². The first-order valence-corrected chi connectivity index (χ1v) is 4.72. The second-order valence-electron chi connectivity index (χ2n) is 2.55. The molecule has 5 nitrogen and oxygen atoms in total. The average molecular weight is 206 g/mol. The van der Waals surface area contributed by atoms with Crippen LogP contribution < -0.4 is 0 Å². The van der Waals surface area contributed by atoms with E-state index >= 15 is 0 Å². The van der Waals surface area contributed by atoms with Crippen LogP contribution in [0.15, 0.2) is 0 Å². The summed E-state index contributed by atoms with van der Waals surface area (Å²) >= 11 is 0. The van der Waals surface area contributed by atoms with Gasteiger partial charge in [0.05, 0.1) is 19.8 Å². The van der Waals surface area contributed by atoms with Crippen LogP contribution in [0.3, 0.4) is 0 Å². The van der Waals surface area contributed by atoms with Crippen LogP contribution >= 0.6 is 0 Å². The molecule has 84 valence electrons. The van der Waals surface area contributed by atoms with Gasteiger partial charge in [0.15, 0.2) is 6.10 Å². The third-order valence-corrected chi connectivity index (χ3v) is 1.49. The Labute approximate surface area is 84.0 Å². The average Bonchev–Trinajstić information content (AvgIpc) is 2.15. The predicted molar refractivity (Wildman–Crippen MR) is 50.4 cm³/mol. The normalized spacial score (nSPS) is 12.7. The van der Waals surface area contributed by atoms with Gasteiger partial charge in [0.25, 0.3) is 0 Å². The first kappa shape index (κ1) is 13.4. The zero-order valence-corrected chi connectivity index (χ0v) is 8.69. The monoisotopic (exact) mass is 206 g/mol. The van der Waals surface area contributed by atoms with Crippen LogP contribution in [0.5, 0.6) is 0 Å². The van der Waals surface area contributed by atoms with Gasteiger partial charge in [0.1, 0.15) is 0 Å². The molecule has 0 radical (unpaired) electrons. The van der Waals surface area contributed by atoms with Gasteiger partial charge in [-0.05, 0) is 13.8 Å². The van der Waals surface area contributed by atoms with Crippen molar-refractivity contribution in [2.75, 3.05) is 33.0 Å². The summed E-state index contributed by atoms with van der Waals surface area (Å²) in [6.45, 7) is 5.58. The van der Waals surface area contributed by atoms with Crippen molar-refractivity contribution in [3.63, 3.8) is 0 Å². The Bertz CT molecular complexity index is 148. The SMILES string of the molecule is CCOCCOCC(OCC)C(=O)O. The zero-order chi connectivity index (χ0) is 10.8. The molecule has 0 saturated heterocycles. The molecule has 14 heavy (non-hydrogen) atoms. The van der Waals surface area contributed by atoms with E-state index in [0.717, 1.165) is 0 Å². The molecule has 0 aliphatic heterocycles. The van der Waals surface area contributed by atoms with Crippen LogP contribution in [0.25, 0.3) is 0 Å². The number of hydrogen-bond donors (Lipinski definition) is 1. The van der Waals surface area contributed by atoms with E-state index in [2.05, 4.69) is 0 Å². The Hall–Kier alpha value is -0.650. The van der Waals surface area contributed by atoms with E-state index in [1.54, 1.807) is 6.92 Å². The minimum atomic E-state index is -0.997. The largest absolute Gasteiger partial charge is 0.479 e. The lowest BCUT2D eigenvalue weighted by molar-refractivity contribution is -0.154. The molecule has 1 atom stereocenters. The van der Waals surface area contributed by atoms with Crippen LogP contribution in [-0.4, -0.2) is 50.2 Å². The van der Waals surface area contributed by atoms with Gasteiger partial charge in [-0.15, -0.1) is 0 Å². The van der Waals surface area contributed by atoms with Gasteiger partial charge in [-0.3, -0.25) is 0 Å². The summed E-state index contributed by atoms with van der Waals surface area (Å²) in [6.07, 6.45) is -0.873. The molecule has 0 aromatic heterocycles. The Balaban J connectivity index is 3.46. The number of carboxylic acids is 1. The molecule has 0 aliphatic carbocycles. The van der Waals surface area contributed by atoms with Crippen LogP contribution in [0.4, 0.5) is 0 Å². The molecule has 1 N–H and O–H groups in total. The quantitative estimate of drug-likeness (QED) is 0.557. The molecule has 0 aromatic rings. The molecule has 0 saturated carbocycles. The van der Waals surface area contributed by atoms with Crippen molar-refractivity contribution >= 4 is 5.97 Å². The summed E-state index contributed by atoms with van der Waals surface area (Å²) < 4.78 is 15.0. The molecule has 0 spiro atoms. The van der Waals surface area contributed by atoms with Crippen molar-refractivity contribution in [2.45, 2.75) is 20.0 Å². The third-order valence-electron chi connectivity index (χ3n) is 1.49. The number of ether oxygens (including phenoxy) is 3. The van der Waals surface area contributed by atoms with Crippen molar-refractivity contribution in [1.29, 1.82) is 0 Å². The Morgan fingerprint density at radius 3 is 2.36 bits per heavy atom. The van der Waals surface area contributed by atoms with E-state index in [4.69, 9.17) is 19.3 Å². The number of rotatable bonds is 9. The van der Waals surface area contributed by atoms with Crippen LogP contribution in [0.2, 0.25) is 0 Å². The lowest BCUT2D eigenvalue weighted by atomic mass is 10.4. The van der Waals surface area contributed by atoms with Crippen molar-refractivity contribution in [2.24, 2.45) is 0 Å². The second-order valence-corrected chi connectivity index (χ2v) is 2.55. The highest BCUT2D eigenvalue weighted by Crippen LogP contribution is 1.94. The summed E-state index contributed by atoms with van der Waals surface area (Å²) in [6, 6.07) is 0. The highest BCUT2D eigenvalue weighted by Gasteiger charge is 2.16. The van der Waals surface area contributed by atoms with Crippen LogP contribution in [-0.2, 0) is 19.0 Å². The number of carboxylic acid groups (broad SMARTS) is 1. The van der Waals surface area contributed by atoms with Gasteiger partial charge in [0, 0.05) is 13.2 Å².